The summed E-state index contributed by atoms with van der Waals surface area (Å²) in [6.45, 7) is 2.14. The highest BCUT2D eigenvalue weighted by atomic mass is 35.5. The minimum Gasteiger partial charge on any atom is -0.350 e. The summed E-state index contributed by atoms with van der Waals surface area (Å²) < 4.78 is 0. The zero-order chi connectivity index (χ0) is 24.2. The first kappa shape index (κ1) is 24.7. The number of aryl methyl sites for hydroxylation is 1. The van der Waals surface area contributed by atoms with Crippen molar-refractivity contribution in [3.63, 3.8) is 0 Å². The van der Waals surface area contributed by atoms with E-state index in [0.29, 0.717) is 26.4 Å². The van der Waals surface area contributed by atoms with Crippen molar-refractivity contribution in [2.45, 2.75) is 31.1 Å². The lowest BCUT2D eigenvalue weighted by Crippen LogP contribution is -2.32. The molecule has 34 heavy (non-hydrogen) atoms. The van der Waals surface area contributed by atoms with Gasteiger partial charge in [-0.25, -0.2) is 4.90 Å². The van der Waals surface area contributed by atoms with Crippen LogP contribution in [0.2, 0.25) is 15.1 Å². The minimum absolute atomic E-state index is 0.179. The minimum atomic E-state index is -0.436. The molecule has 0 atom stereocenters. The van der Waals surface area contributed by atoms with E-state index in [4.69, 9.17) is 34.8 Å². The summed E-state index contributed by atoms with van der Waals surface area (Å²) in [5, 5.41) is 4.42. The fraction of sp³-hybridized carbons (Fsp3) is 0.154. The fourth-order valence-electron chi connectivity index (χ4n) is 3.48. The molecule has 4 rings (SSSR count). The average molecular weight is 532 g/mol. The van der Waals surface area contributed by atoms with E-state index in [1.54, 1.807) is 42.5 Å². The lowest BCUT2D eigenvalue weighted by atomic mass is 10.1. The predicted molar refractivity (Wildman–Crippen MR) is 142 cm³/mol. The smallest absolute Gasteiger partial charge is 0.283 e. The highest BCUT2D eigenvalue weighted by Gasteiger charge is 2.40. The fourth-order valence-corrected chi connectivity index (χ4v) is 4.83. The number of carbonyl (C=O) groups is 2. The first-order chi connectivity index (χ1) is 16.4. The van der Waals surface area contributed by atoms with Crippen molar-refractivity contribution < 1.29 is 9.59 Å². The van der Waals surface area contributed by atoms with E-state index in [9.17, 15) is 9.59 Å². The Morgan fingerprint density at radius 2 is 1.56 bits per heavy atom. The van der Waals surface area contributed by atoms with Gasteiger partial charge in [0.2, 0.25) is 0 Å². The Bertz CT molecular complexity index is 1260. The molecule has 2 amide bonds. The molecule has 0 aromatic heterocycles. The van der Waals surface area contributed by atoms with Gasteiger partial charge in [0.15, 0.2) is 0 Å². The van der Waals surface area contributed by atoms with Gasteiger partial charge in [-0.2, -0.15) is 0 Å². The number of anilines is 2. The topological polar surface area (TPSA) is 49.4 Å². The standard InChI is InChI=1S/C26H21Cl3N2O2S/c1-2-3-4-16-5-10-19(11-6-16)31-25(32)23(30-18-9-14-21(28)22(29)15-18)24(26(31)33)34-20-12-7-17(27)8-13-20/h5-15,30H,2-4H2,1H3. The molecule has 8 heteroatoms. The summed E-state index contributed by atoms with van der Waals surface area (Å²) in [5.41, 5.74) is 2.42. The molecule has 1 N–H and O–H groups in total. The van der Waals surface area contributed by atoms with Crippen molar-refractivity contribution in [3.05, 3.63) is 98.0 Å². The number of rotatable bonds is 8. The van der Waals surface area contributed by atoms with Crippen LogP contribution in [0.3, 0.4) is 0 Å². The summed E-state index contributed by atoms with van der Waals surface area (Å²) in [6, 6.07) is 19.6. The van der Waals surface area contributed by atoms with Crippen LogP contribution in [-0.2, 0) is 16.0 Å². The molecule has 1 heterocycles. The Hall–Kier alpha value is -2.44. The van der Waals surface area contributed by atoms with Crippen LogP contribution in [-0.4, -0.2) is 11.8 Å². The maximum absolute atomic E-state index is 13.5. The van der Waals surface area contributed by atoms with Gasteiger partial charge in [0.25, 0.3) is 11.8 Å². The molecule has 0 spiro atoms. The van der Waals surface area contributed by atoms with Gasteiger partial charge in [-0.1, -0.05) is 72.0 Å². The van der Waals surface area contributed by atoms with Gasteiger partial charge in [0.1, 0.15) is 10.6 Å². The molecule has 0 radical (unpaired) electrons. The van der Waals surface area contributed by atoms with Gasteiger partial charge < -0.3 is 5.32 Å². The molecule has 1 aliphatic rings. The summed E-state index contributed by atoms with van der Waals surface area (Å²) in [5.74, 6) is -0.831. The SMILES string of the molecule is CCCCc1ccc(N2C(=O)C(Nc3ccc(Cl)c(Cl)c3)=C(Sc3ccc(Cl)cc3)C2=O)cc1. The zero-order valence-electron chi connectivity index (χ0n) is 18.3. The van der Waals surface area contributed by atoms with E-state index in [1.807, 2.05) is 24.3 Å². The van der Waals surface area contributed by atoms with Gasteiger partial charge in [-0.3, -0.25) is 9.59 Å². The Labute approximate surface area is 217 Å². The molecule has 0 bridgehead atoms. The Balaban J connectivity index is 1.68. The quantitative estimate of drug-likeness (QED) is 0.299. The molecular weight excluding hydrogens is 511 g/mol. The molecule has 1 aliphatic heterocycles. The van der Waals surface area contributed by atoms with E-state index in [2.05, 4.69) is 12.2 Å². The predicted octanol–water partition coefficient (Wildman–Crippen LogP) is 7.98. The Kier molecular flexibility index (Phi) is 7.89. The molecule has 0 saturated carbocycles. The summed E-state index contributed by atoms with van der Waals surface area (Å²) >= 11 is 19.4. The molecule has 3 aromatic rings. The summed E-state index contributed by atoms with van der Waals surface area (Å²) in [4.78, 5) is 29.2. The van der Waals surface area contributed by atoms with E-state index < -0.39 is 11.8 Å². The normalized spacial score (nSPS) is 13.7. The lowest BCUT2D eigenvalue weighted by Gasteiger charge is -2.16. The van der Waals surface area contributed by atoms with Crippen molar-refractivity contribution in [2.75, 3.05) is 10.2 Å². The van der Waals surface area contributed by atoms with Crippen LogP contribution in [0.4, 0.5) is 11.4 Å². The van der Waals surface area contributed by atoms with Crippen LogP contribution in [0.1, 0.15) is 25.3 Å². The second kappa shape index (κ2) is 10.9. The third-order valence-corrected chi connectivity index (χ3v) is 7.36. The van der Waals surface area contributed by atoms with Crippen LogP contribution in [0.25, 0.3) is 0 Å². The molecule has 4 nitrogen and oxygen atoms in total. The second-order valence-electron chi connectivity index (χ2n) is 7.73. The molecule has 0 unspecified atom stereocenters. The number of benzene rings is 3. The Morgan fingerprint density at radius 3 is 2.21 bits per heavy atom. The zero-order valence-corrected chi connectivity index (χ0v) is 21.4. The lowest BCUT2D eigenvalue weighted by molar-refractivity contribution is -0.120. The number of unbranched alkanes of at least 4 members (excludes halogenated alkanes) is 1. The highest BCUT2D eigenvalue weighted by Crippen LogP contribution is 2.38. The van der Waals surface area contributed by atoms with Crippen molar-refractivity contribution in [1.29, 1.82) is 0 Å². The first-order valence-electron chi connectivity index (χ1n) is 10.7. The molecule has 174 valence electrons. The number of hydrogen-bond acceptors (Lipinski definition) is 4. The van der Waals surface area contributed by atoms with Crippen LogP contribution in [0, 0.1) is 0 Å². The van der Waals surface area contributed by atoms with Crippen LogP contribution in [0.15, 0.2) is 82.2 Å². The number of thioether (sulfide) groups is 1. The number of nitrogens with one attached hydrogen (secondary N) is 1. The molecule has 3 aromatic carbocycles. The van der Waals surface area contributed by atoms with Gasteiger partial charge in [0.05, 0.1) is 15.7 Å². The van der Waals surface area contributed by atoms with Crippen molar-refractivity contribution in [1.82, 2.24) is 0 Å². The molecule has 0 aliphatic carbocycles. The van der Waals surface area contributed by atoms with Crippen molar-refractivity contribution >= 4 is 69.8 Å². The van der Waals surface area contributed by atoms with Crippen molar-refractivity contribution in [3.8, 4) is 0 Å². The third-order valence-electron chi connectivity index (χ3n) is 5.28. The van der Waals surface area contributed by atoms with E-state index in [-0.39, 0.29) is 10.6 Å². The number of nitrogens with zero attached hydrogens (tertiary/aromatic N) is 1. The van der Waals surface area contributed by atoms with Crippen molar-refractivity contribution in [2.24, 2.45) is 0 Å². The number of amides is 2. The average Bonchev–Trinajstić information content (AvgIpc) is 3.05. The van der Waals surface area contributed by atoms with Crippen LogP contribution in [0.5, 0.6) is 0 Å². The van der Waals surface area contributed by atoms with Gasteiger partial charge in [-0.15, -0.1) is 0 Å². The van der Waals surface area contributed by atoms with Gasteiger partial charge >= 0.3 is 0 Å². The van der Waals surface area contributed by atoms with Gasteiger partial charge in [-0.05, 0) is 73.0 Å². The third kappa shape index (κ3) is 5.44. The molecule has 0 fully saturated rings. The first-order valence-corrected chi connectivity index (χ1v) is 12.7. The maximum Gasteiger partial charge on any atom is 0.283 e. The monoisotopic (exact) mass is 530 g/mol. The van der Waals surface area contributed by atoms with Crippen LogP contribution >= 0.6 is 46.6 Å². The Morgan fingerprint density at radius 1 is 0.853 bits per heavy atom. The van der Waals surface area contributed by atoms with E-state index in [1.165, 1.54) is 22.2 Å². The van der Waals surface area contributed by atoms with E-state index in [0.717, 1.165) is 24.2 Å². The van der Waals surface area contributed by atoms with Gasteiger partial charge in [0, 0.05) is 15.6 Å². The second-order valence-corrected chi connectivity index (χ2v) is 10.1. The summed E-state index contributed by atoms with van der Waals surface area (Å²) in [7, 11) is 0. The molecular formula is C26H21Cl3N2O2S. The summed E-state index contributed by atoms with van der Waals surface area (Å²) in [6.07, 6.45) is 3.14. The maximum atomic E-state index is 13.5. The van der Waals surface area contributed by atoms with Crippen LogP contribution < -0.4 is 10.2 Å². The number of hydrogen-bond donors (Lipinski definition) is 1. The van der Waals surface area contributed by atoms with E-state index >= 15 is 0 Å². The number of halogens is 3. The highest BCUT2D eigenvalue weighted by molar-refractivity contribution is 8.04. The number of imide groups is 1. The number of carbonyl (C=O) groups excluding carboxylic acids is 2. The molecule has 0 saturated heterocycles. The largest absolute Gasteiger partial charge is 0.350 e.